The van der Waals surface area contributed by atoms with Crippen LogP contribution in [-0.2, 0) is 20.6 Å². The lowest BCUT2D eigenvalue weighted by molar-refractivity contribution is 0.596. The molecule has 1 aromatic rings. The molecule has 1 atom stereocenters. The molecule has 0 aliphatic carbocycles. The first-order valence-corrected chi connectivity index (χ1v) is 9.07. The van der Waals surface area contributed by atoms with Crippen LogP contribution in [0.4, 0.5) is 0 Å². The van der Waals surface area contributed by atoms with E-state index in [0.29, 0.717) is 17.2 Å². The lowest BCUT2D eigenvalue weighted by Crippen LogP contribution is -2.17. The van der Waals surface area contributed by atoms with Crippen molar-refractivity contribution in [1.29, 1.82) is 5.26 Å². The van der Waals surface area contributed by atoms with Crippen molar-refractivity contribution >= 4 is 20.6 Å². The molecular weight excluding hydrogens is 282 g/mol. The highest BCUT2D eigenvalue weighted by atomic mass is 32.2. The van der Waals surface area contributed by atoms with Gasteiger partial charge in [0.25, 0.3) is 0 Å². The Labute approximate surface area is 116 Å². The number of nitriles is 1. The molecule has 0 amide bonds. The quantitative estimate of drug-likeness (QED) is 0.802. The zero-order valence-corrected chi connectivity index (χ0v) is 12.6. The number of hydrogen-bond acceptors (Lipinski definition) is 4. The van der Waals surface area contributed by atoms with Gasteiger partial charge in [-0.05, 0) is 30.2 Å². The second kappa shape index (κ2) is 6.83. The van der Waals surface area contributed by atoms with Crippen molar-refractivity contribution in [1.82, 2.24) is 0 Å². The van der Waals surface area contributed by atoms with Crippen LogP contribution in [0.25, 0.3) is 0 Å². The summed E-state index contributed by atoms with van der Waals surface area (Å²) in [5, 5.41) is 8.65. The molecule has 1 rings (SSSR count). The molecule has 0 heterocycles. The minimum Gasteiger partial charge on any atom is -0.260 e. The van der Waals surface area contributed by atoms with Gasteiger partial charge in [0.1, 0.15) is 0 Å². The van der Waals surface area contributed by atoms with E-state index in [0.717, 1.165) is 0 Å². The van der Waals surface area contributed by atoms with Crippen LogP contribution < -0.4 is 0 Å². The van der Waals surface area contributed by atoms with E-state index < -0.39 is 20.6 Å². The fraction of sp³-hybridized carbons (Fsp3) is 0.462. The molecule has 0 aromatic heterocycles. The number of sulfone groups is 1. The molecule has 0 aliphatic heterocycles. The maximum atomic E-state index is 12.0. The summed E-state index contributed by atoms with van der Waals surface area (Å²) in [4.78, 5) is 0.174. The van der Waals surface area contributed by atoms with Crippen molar-refractivity contribution in [2.75, 3.05) is 17.3 Å². The summed E-state index contributed by atoms with van der Waals surface area (Å²) in [5.74, 6) is 0.834. The lowest BCUT2D eigenvalue weighted by Gasteiger charge is -2.06. The van der Waals surface area contributed by atoms with Gasteiger partial charge in [0.05, 0.1) is 22.3 Å². The molecule has 0 saturated carbocycles. The molecule has 1 aromatic carbocycles. The van der Waals surface area contributed by atoms with Crippen LogP contribution in [0.1, 0.15) is 19.4 Å². The first kappa shape index (κ1) is 15.9. The zero-order chi connectivity index (χ0) is 14.5. The number of rotatable bonds is 6. The van der Waals surface area contributed by atoms with Crippen LogP contribution in [-0.4, -0.2) is 29.9 Å². The van der Waals surface area contributed by atoms with Crippen molar-refractivity contribution in [2.45, 2.75) is 18.7 Å². The van der Waals surface area contributed by atoms with Gasteiger partial charge in [0, 0.05) is 22.3 Å². The summed E-state index contributed by atoms with van der Waals surface area (Å²) < 4.78 is 35.6. The lowest BCUT2D eigenvalue weighted by atomic mass is 10.2. The molecule has 19 heavy (non-hydrogen) atoms. The first-order chi connectivity index (χ1) is 8.85. The smallest absolute Gasteiger partial charge is 0.179 e. The van der Waals surface area contributed by atoms with Gasteiger partial charge in [-0.15, -0.1) is 0 Å². The van der Waals surface area contributed by atoms with E-state index in [9.17, 15) is 12.6 Å². The highest BCUT2D eigenvalue weighted by Crippen LogP contribution is 2.12. The third kappa shape index (κ3) is 5.13. The van der Waals surface area contributed by atoms with Gasteiger partial charge in [-0.3, -0.25) is 4.21 Å². The van der Waals surface area contributed by atoms with E-state index in [1.807, 2.05) is 19.9 Å². The Morgan fingerprint density at radius 3 is 2.32 bits per heavy atom. The van der Waals surface area contributed by atoms with Gasteiger partial charge in [0.2, 0.25) is 0 Å². The minimum atomic E-state index is -3.42. The molecule has 0 fully saturated rings. The molecule has 0 bridgehead atoms. The average molecular weight is 299 g/mol. The molecule has 6 heteroatoms. The van der Waals surface area contributed by atoms with E-state index in [4.69, 9.17) is 5.26 Å². The van der Waals surface area contributed by atoms with Crippen LogP contribution in [0, 0.1) is 17.2 Å². The Kier molecular flexibility index (Phi) is 5.70. The van der Waals surface area contributed by atoms with Gasteiger partial charge in [-0.1, -0.05) is 13.8 Å². The normalized spacial score (nSPS) is 13.2. The predicted molar refractivity (Wildman–Crippen MR) is 75.9 cm³/mol. The third-order valence-corrected chi connectivity index (χ3v) is 6.13. The fourth-order valence-corrected chi connectivity index (χ4v) is 4.83. The standard InChI is InChI=1S/C13H17NO3S2/c1-11(2)10-18(15)7-8-19(16,17)13-5-3-12(9-14)4-6-13/h3-6,11H,7-8,10H2,1-2H3. The number of nitrogens with zero attached hydrogens (tertiary/aromatic N) is 1. The Morgan fingerprint density at radius 2 is 1.84 bits per heavy atom. The van der Waals surface area contributed by atoms with Gasteiger partial charge >= 0.3 is 0 Å². The molecule has 0 N–H and O–H groups in total. The molecule has 0 aliphatic rings. The Bertz CT molecular complexity index is 583. The van der Waals surface area contributed by atoms with Gasteiger partial charge in [-0.25, -0.2) is 8.42 Å². The summed E-state index contributed by atoms with van der Waals surface area (Å²) in [5.41, 5.74) is 0.419. The molecule has 0 saturated heterocycles. The van der Waals surface area contributed by atoms with Gasteiger partial charge < -0.3 is 0 Å². The van der Waals surface area contributed by atoms with E-state index in [-0.39, 0.29) is 16.4 Å². The zero-order valence-electron chi connectivity index (χ0n) is 11.0. The third-order valence-electron chi connectivity index (χ3n) is 2.44. The average Bonchev–Trinajstić information content (AvgIpc) is 2.36. The molecule has 1 unspecified atom stereocenters. The summed E-state index contributed by atoms with van der Waals surface area (Å²) in [6.45, 7) is 3.90. The summed E-state index contributed by atoms with van der Waals surface area (Å²) in [7, 11) is -4.53. The molecule has 104 valence electrons. The Balaban J connectivity index is 2.71. The van der Waals surface area contributed by atoms with Gasteiger partial charge in [-0.2, -0.15) is 5.26 Å². The Hall–Kier alpha value is -1.19. The van der Waals surface area contributed by atoms with Crippen molar-refractivity contribution in [3.05, 3.63) is 29.8 Å². The van der Waals surface area contributed by atoms with Crippen LogP contribution in [0.5, 0.6) is 0 Å². The van der Waals surface area contributed by atoms with E-state index in [1.54, 1.807) is 0 Å². The fourth-order valence-electron chi connectivity index (χ4n) is 1.51. The predicted octanol–water partition coefficient (Wildman–Crippen LogP) is 1.74. The Morgan fingerprint density at radius 1 is 1.26 bits per heavy atom. The van der Waals surface area contributed by atoms with Crippen LogP contribution in [0.3, 0.4) is 0 Å². The van der Waals surface area contributed by atoms with Crippen LogP contribution in [0.15, 0.2) is 29.2 Å². The largest absolute Gasteiger partial charge is 0.260 e. The molecule has 0 spiro atoms. The maximum absolute atomic E-state index is 12.0. The molecule has 4 nitrogen and oxygen atoms in total. The van der Waals surface area contributed by atoms with Crippen molar-refractivity contribution in [3.8, 4) is 6.07 Å². The van der Waals surface area contributed by atoms with Gasteiger partial charge in [0.15, 0.2) is 9.84 Å². The van der Waals surface area contributed by atoms with Crippen LogP contribution >= 0.6 is 0 Å². The van der Waals surface area contributed by atoms with Crippen LogP contribution in [0.2, 0.25) is 0 Å². The molecular formula is C13H17NO3S2. The second-order valence-electron chi connectivity index (χ2n) is 4.66. The minimum absolute atomic E-state index is 0.127. The monoisotopic (exact) mass is 299 g/mol. The highest BCUT2D eigenvalue weighted by Gasteiger charge is 2.16. The topological polar surface area (TPSA) is 75.0 Å². The van der Waals surface area contributed by atoms with E-state index in [1.165, 1.54) is 24.3 Å². The summed E-state index contributed by atoms with van der Waals surface area (Å²) in [6, 6.07) is 7.71. The SMILES string of the molecule is CC(C)CS(=O)CCS(=O)(=O)c1ccc(C#N)cc1. The highest BCUT2D eigenvalue weighted by molar-refractivity contribution is 7.93. The molecule has 0 radical (unpaired) electrons. The first-order valence-electron chi connectivity index (χ1n) is 5.93. The van der Waals surface area contributed by atoms with Crippen molar-refractivity contribution < 1.29 is 12.6 Å². The number of hydrogen-bond donors (Lipinski definition) is 0. The number of benzene rings is 1. The summed E-state index contributed by atoms with van der Waals surface area (Å²) >= 11 is 0. The maximum Gasteiger partial charge on any atom is 0.179 e. The van der Waals surface area contributed by atoms with Crippen molar-refractivity contribution in [2.24, 2.45) is 5.92 Å². The van der Waals surface area contributed by atoms with E-state index in [2.05, 4.69) is 0 Å². The van der Waals surface area contributed by atoms with Crippen molar-refractivity contribution in [3.63, 3.8) is 0 Å². The summed E-state index contributed by atoms with van der Waals surface area (Å²) in [6.07, 6.45) is 0. The second-order valence-corrected chi connectivity index (χ2v) is 8.39. The van der Waals surface area contributed by atoms with E-state index >= 15 is 0 Å².